The zero-order valence-corrected chi connectivity index (χ0v) is 16.0. The summed E-state index contributed by atoms with van der Waals surface area (Å²) >= 11 is 0. The monoisotopic (exact) mass is 376 g/mol. The molecular formula is C19H24N2O4S. The normalized spacial score (nSPS) is 11.0. The maximum absolute atomic E-state index is 12.4. The van der Waals surface area contributed by atoms with Crippen LogP contribution in [0.4, 0.5) is 5.69 Å². The van der Waals surface area contributed by atoms with Crippen LogP contribution in [0.3, 0.4) is 0 Å². The van der Waals surface area contributed by atoms with Crippen LogP contribution in [-0.2, 0) is 14.8 Å². The third-order valence-corrected chi connectivity index (χ3v) is 5.28. The highest BCUT2D eigenvalue weighted by Gasteiger charge is 2.15. The summed E-state index contributed by atoms with van der Waals surface area (Å²) in [5, 5.41) is 0. The molecule has 26 heavy (non-hydrogen) atoms. The summed E-state index contributed by atoms with van der Waals surface area (Å²) in [5.74, 6) is 0.341. The predicted octanol–water partition coefficient (Wildman–Crippen LogP) is 3.04. The summed E-state index contributed by atoms with van der Waals surface area (Å²) in [4.78, 5) is 13.7. The lowest BCUT2D eigenvalue weighted by atomic mass is 10.2. The molecule has 2 aromatic rings. The second-order valence-electron chi connectivity index (χ2n) is 5.80. The SMILES string of the molecule is CCN(CC)C(=O)COc1ccc(S(=O)(=O)Nc2cccc(C)c2)cc1. The molecule has 0 aliphatic rings. The van der Waals surface area contributed by atoms with E-state index >= 15 is 0 Å². The number of anilines is 1. The predicted molar refractivity (Wildman–Crippen MR) is 102 cm³/mol. The third kappa shape index (κ3) is 5.23. The first-order chi connectivity index (χ1) is 12.4. The molecule has 2 aromatic carbocycles. The number of nitrogens with one attached hydrogen (secondary N) is 1. The molecule has 0 saturated heterocycles. The van der Waals surface area contributed by atoms with E-state index in [9.17, 15) is 13.2 Å². The molecule has 0 bridgehead atoms. The molecule has 2 rings (SSSR count). The van der Waals surface area contributed by atoms with Crippen LogP contribution >= 0.6 is 0 Å². The third-order valence-electron chi connectivity index (χ3n) is 3.88. The minimum absolute atomic E-state index is 0.0741. The largest absolute Gasteiger partial charge is 0.484 e. The Labute approximate surface area is 154 Å². The maximum atomic E-state index is 12.4. The number of benzene rings is 2. The molecule has 0 spiro atoms. The topological polar surface area (TPSA) is 75.7 Å². The first kappa shape index (κ1) is 19.8. The van der Waals surface area contributed by atoms with Crippen LogP contribution in [-0.4, -0.2) is 38.9 Å². The molecule has 0 heterocycles. The Bertz CT molecular complexity index is 844. The maximum Gasteiger partial charge on any atom is 0.261 e. The first-order valence-electron chi connectivity index (χ1n) is 8.46. The van der Waals surface area contributed by atoms with E-state index < -0.39 is 10.0 Å². The van der Waals surface area contributed by atoms with Gasteiger partial charge in [0.15, 0.2) is 6.61 Å². The van der Waals surface area contributed by atoms with Crippen molar-refractivity contribution in [1.82, 2.24) is 4.90 Å². The molecule has 7 heteroatoms. The lowest BCUT2D eigenvalue weighted by molar-refractivity contribution is -0.132. The van der Waals surface area contributed by atoms with Crippen LogP contribution in [0.1, 0.15) is 19.4 Å². The average Bonchev–Trinajstić information content (AvgIpc) is 2.61. The summed E-state index contributed by atoms with van der Waals surface area (Å²) in [7, 11) is -3.68. The number of hydrogen-bond donors (Lipinski definition) is 1. The second kappa shape index (κ2) is 8.71. The number of likely N-dealkylation sites (N-methyl/N-ethyl adjacent to an activating group) is 1. The molecule has 0 saturated carbocycles. The van der Waals surface area contributed by atoms with Crippen molar-refractivity contribution < 1.29 is 17.9 Å². The van der Waals surface area contributed by atoms with Gasteiger partial charge in [0.05, 0.1) is 4.90 Å². The van der Waals surface area contributed by atoms with Gasteiger partial charge in [-0.2, -0.15) is 0 Å². The van der Waals surface area contributed by atoms with Crippen molar-refractivity contribution in [2.75, 3.05) is 24.4 Å². The lowest BCUT2D eigenvalue weighted by Gasteiger charge is -2.18. The number of rotatable bonds is 8. The summed E-state index contributed by atoms with van der Waals surface area (Å²) in [6, 6.07) is 13.1. The summed E-state index contributed by atoms with van der Waals surface area (Å²) in [6.07, 6.45) is 0. The van der Waals surface area contributed by atoms with Gasteiger partial charge in [-0.25, -0.2) is 8.42 Å². The molecule has 0 fully saturated rings. The highest BCUT2D eigenvalue weighted by atomic mass is 32.2. The minimum Gasteiger partial charge on any atom is -0.484 e. The van der Waals surface area contributed by atoms with E-state index in [4.69, 9.17) is 4.74 Å². The Morgan fingerprint density at radius 2 is 1.73 bits per heavy atom. The van der Waals surface area contributed by atoms with E-state index in [1.807, 2.05) is 26.8 Å². The Hall–Kier alpha value is -2.54. The number of amides is 1. The van der Waals surface area contributed by atoms with E-state index in [0.717, 1.165) is 5.56 Å². The van der Waals surface area contributed by atoms with Gasteiger partial charge in [0.1, 0.15) is 5.75 Å². The van der Waals surface area contributed by atoms with Gasteiger partial charge in [-0.3, -0.25) is 9.52 Å². The Kier molecular flexibility index (Phi) is 6.63. The highest BCUT2D eigenvalue weighted by Crippen LogP contribution is 2.20. The smallest absolute Gasteiger partial charge is 0.261 e. The quantitative estimate of drug-likeness (QED) is 0.768. The van der Waals surface area contributed by atoms with E-state index in [0.29, 0.717) is 24.5 Å². The molecule has 1 amide bonds. The molecule has 0 radical (unpaired) electrons. The van der Waals surface area contributed by atoms with Crippen LogP contribution < -0.4 is 9.46 Å². The zero-order chi connectivity index (χ0) is 19.2. The van der Waals surface area contributed by atoms with E-state index in [2.05, 4.69) is 4.72 Å². The van der Waals surface area contributed by atoms with Crippen LogP contribution in [0.5, 0.6) is 5.75 Å². The van der Waals surface area contributed by atoms with E-state index in [1.165, 1.54) is 12.1 Å². The van der Waals surface area contributed by atoms with Crippen molar-refractivity contribution in [2.45, 2.75) is 25.7 Å². The van der Waals surface area contributed by atoms with Crippen molar-refractivity contribution >= 4 is 21.6 Å². The average molecular weight is 376 g/mol. The van der Waals surface area contributed by atoms with Crippen LogP contribution in [0.15, 0.2) is 53.4 Å². The van der Waals surface area contributed by atoms with Gasteiger partial charge >= 0.3 is 0 Å². The fourth-order valence-electron chi connectivity index (χ4n) is 2.45. The summed E-state index contributed by atoms with van der Waals surface area (Å²) in [5.41, 5.74) is 1.47. The van der Waals surface area contributed by atoms with Gasteiger partial charge in [-0.15, -0.1) is 0 Å². The number of carbonyl (C=O) groups excluding carboxylic acids is 1. The molecule has 140 valence electrons. The summed E-state index contributed by atoms with van der Waals surface area (Å²) in [6.45, 7) is 6.88. The molecule has 0 aromatic heterocycles. The van der Waals surface area contributed by atoms with Gasteiger partial charge in [0, 0.05) is 18.8 Å². The molecule has 0 aliphatic heterocycles. The summed E-state index contributed by atoms with van der Waals surface area (Å²) < 4.78 is 32.9. The molecule has 0 unspecified atom stereocenters. The molecule has 0 atom stereocenters. The Morgan fingerprint density at radius 1 is 1.08 bits per heavy atom. The van der Waals surface area contributed by atoms with Crippen molar-refractivity contribution in [3.8, 4) is 5.75 Å². The molecular weight excluding hydrogens is 352 g/mol. The van der Waals surface area contributed by atoms with Gasteiger partial charge in [0.2, 0.25) is 0 Å². The Balaban J connectivity index is 2.03. The number of nitrogens with zero attached hydrogens (tertiary/aromatic N) is 1. The number of carbonyl (C=O) groups is 1. The van der Waals surface area contributed by atoms with Gasteiger partial charge in [0.25, 0.3) is 15.9 Å². The second-order valence-corrected chi connectivity index (χ2v) is 7.48. The molecule has 6 nitrogen and oxygen atoms in total. The number of sulfonamides is 1. The van der Waals surface area contributed by atoms with E-state index in [-0.39, 0.29) is 17.4 Å². The van der Waals surface area contributed by atoms with Gasteiger partial charge in [-0.1, -0.05) is 12.1 Å². The van der Waals surface area contributed by atoms with Crippen molar-refractivity contribution in [3.63, 3.8) is 0 Å². The number of ether oxygens (including phenoxy) is 1. The zero-order valence-electron chi connectivity index (χ0n) is 15.2. The van der Waals surface area contributed by atoms with Gasteiger partial charge in [-0.05, 0) is 62.7 Å². The fourth-order valence-corrected chi connectivity index (χ4v) is 3.50. The van der Waals surface area contributed by atoms with Crippen LogP contribution in [0, 0.1) is 6.92 Å². The van der Waals surface area contributed by atoms with Crippen LogP contribution in [0.25, 0.3) is 0 Å². The lowest BCUT2D eigenvalue weighted by Crippen LogP contribution is -2.34. The fraction of sp³-hybridized carbons (Fsp3) is 0.316. The Morgan fingerprint density at radius 3 is 2.31 bits per heavy atom. The minimum atomic E-state index is -3.68. The van der Waals surface area contributed by atoms with Crippen molar-refractivity contribution in [2.24, 2.45) is 0 Å². The van der Waals surface area contributed by atoms with E-state index in [1.54, 1.807) is 35.2 Å². The number of hydrogen-bond acceptors (Lipinski definition) is 4. The molecule has 0 aliphatic carbocycles. The first-order valence-corrected chi connectivity index (χ1v) is 9.94. The van der Waals surface area contributed by atoms with Crippen LogP contribution in [0.2, 0.25) is 0 Å². The van der Waals surface area contributed by atoms with Gasteiger partial charge < -0.3 is 9.64 Å². The standard InChI is InChI=1S/C19H24N2O4S/c1-4-21(5-2)19(22)14-25-17-9-11-18(12-10-17)26(23,24)20-16-8-6-7-15(3)13-16/h6-13,20H,4-5,14H2,1-3H3. The van der Waals surface area contributed by atoms with Crippen molar-refractivity contribution in [3.05, 3.63) is 54.1 Å². The molecule has 1 N–H and O–H groups in total. The van der Waals surface area contributed by atoms with Crippen molar-refractivity contribution in [1.29, 1.82) is 0 Å². The number of aryl methyl sites for hydroxylation is 1. The highest BCUT2D eigenvalue weighted by molar-refractivity contribution is 7.92.